The van der Waals surface area contributed by atoms with Crippen molar-refractivity contribution in [3.8, 4) is 0 Å². The van der Waals surface area contributed by atoms with Crippen LogP contribution < -0.4 is 5.32 Å². The van der Waals surface area contributed by atoms with Gasteiger partial charge in [-0.1, -0.05) is 6.07 Å². The van der Waals surface area contributed by atoms with E-state index in [1.807, 2.05) is 36.5 Å². The van der Waals surface area contributed by atoms with E-state index in [0.717, 1.165) is 29.0 Å². The summed E-state index contributed by atoms with van der Waals surface area (Å²) in [6.07, 6.45) is 3.65. The van der Waals surface area contributed by atoms with Gasteiger partial charge < -0.3 is 5.32 Å². The highest BCUT2D eigenvalue weighted by Crippen LogP contribution is 2.48. The second-order valence-corrected chi connectivity index (χ2v) is 8.69. The molecule has 5 heteroatoms. The van der Waals surface area contributed by atoms with Crippen molar-refractivity contribution in [3.63, 3.8) is 0 Å². The van der Waals surface area contributed by atoms with Crippen LogP contribution in [-0.4, -0.2) is 23.9 Å². The van der Waals surface area contributed by atoms with E-state index in [4.69, 9.17) is 0 Å². The number of carbonyl (C=O) groups is 1. The maximum absolute atomic E-state index is 12.6. The summed E-state index contributed by atoms with van der Waals surface area (Å²) in [6.45, 7) is 3.50. The third-order valence-corrected chi connectivity index (χ3v) is 6.58. The molecule has 0 saturated heterocycles. The Labute approximate surface area is 155 Å². The first-order valence-electron chi connectivity index (χ1n) is 8.48. The van der Waals surface area contributed by atoms with Crippen LogP contribution in [0.25, 0.3) is 0 Å². The fraction of sp³-hybridized carbons (Fsp3) is 0.421. The van der Waals surface area contributed by atoms with Gasteiger partial charge in [-0.3, -0.25) is 9.69 Å². The van der Waals surface area contributed by atoms with Gasteiger partial charge in [-0.05, 0) is 82.7 Å². The minimum atomic E-state index is 0.0730. The zero-order chi connectivity index (χ0) is 16.7. The van der Waals surface area contributed by atoms with E-state index in [2.05, 4.69) is 37.6 Å². The molecule has 1 amide bonds. The topological polar surface area (TPSA) is 32.3 Å². The first kappa shape index (κ1) is 16.3. The van der Waals surface area contributed by atoms with Crippen molar-refractivity contribution < 1.29 is 4.79 Å². The van der Waals surface area contributed by atoms with Crippen LogP contribution in [0.5, 0.6) is 0 Å². The molecule has 0 spiro atoms. The first-order chi connectivity index (χ1) is 11.6. The summed E-state index contributed by atoms with van der Waals surface area (Å²) in [5, 5.41) is 5.26. The second-order valence-electron chi connectivity index (χ2n) is 6.83. The molecular weight excluding hydrogens is 384 g/mol. The van der Waals surface area contributed by atoms with E-state index >= 15 is 0 Å². The Morgan fingerprint density at radius 1 is 1.38 bits per heavy atom. The number of amides is 1. The summed E-state index contributed by atoms with van der Waals surface area (Å²) in [5.74, 6) is 0.807. The fourth-order valence-corrected chi connectivity index (χ4v) is 5.14. The number of rotatable bonds is 4. The average molecular weight is 405 g/mol. The second kappa shape index (κ2) is 6.62. The van der Waals surface area contributed by atoms with Gasteiger partial charge in [0.2, 0.25) is 5.91 Å². The molecule has 4 rings (SSSR count). The summed E-state index contributed by atoms with van der Waals surface area (Å²) in [6, 6.07) is 8.71. The molecule has 1 aromatic carbocycles. The summed E-state index contributed by atoms with van der Waals surface area (Å²) in [4.78, 5) is 16.5. The smallest absolute Gasteiger partial charge is 0.238 e. The Morgan fingerprint density at radius 3 is 2.96 bits per heavy atom. The van der Waals surface area contributed by atoms with Gasteiger partial charge in [0.25, 0.3) is 0 Å². The lowest BCUT2D eigenvalue weighted by atomic mass is 9.96. The van der Waals surface area contributed by atoms with Gasteiger partial charge in [-0.2, -0.15) is 0 Å². The van der Waals surface area contributed by atoms with Crippen LogP contribution in [-0.2, 0) is 11.2 Å². The van der Waals surface area contributed by atoms with Gasteiger partial charge in [0.1, 0.15) is 0 Å². The van der Waals surface area contributed by atoms with E-state index in [1.165, 1.54) is 28.8 Å². The zero-order valence-corrected chi connectivity index (χ0v) is 16.1. The number of benzene rings is 1. The monoisotopic (exact) mass is 404 g/mol. The maximum Gasteiger partial charge on any atom is 0.238 e. The molecule has 24 heavy (non-hydrogen) atoms. The molecule has 1 aliphatic heterocycles. The Morgan fingerprint density at radius 2 is 2.21 bits per heavy atom. The standard InChI is InChI=1S/C19H21BrN2OS/c1-12-2-5-16(15(20)10-12)21-18(23)11-22-8-6-17-14(7-9-24-17)19(22)13-3-4-13/h2,5,7,9-10,13,19H,3-4,6,8,11H2,1H3,(H,21,23)/t19-/m1/s1. The Bertz CT molecular complexity index is 768. The number of thiophene rings is 1. The van der Waals surface area contributed by atoms with Crippen molar-refractivity contribution in [2.45, 2.75) is 32.2 Å². The number of hydrogen-bond donors (Lipinski definition) is 1. The predicted molar refractivity (Wildman–Crippen MR) is 103 cm³/mol. The van der Waals surface area contributed by atoms with Crippen LogP contribution in [0.2, 0.25) is 0 Å². The van der Waals surface area contributed by atoms with Crippen molar-refractivity contribution in [3.05, 3.63) is 50.1 Å². The van der Waals surface area contributed by atoms with Crippen LogP contribution >= 0.6 is 27.3 Å². The number of nitrogens with one attached hydrogen (secondary N) is 1. The van der Waals surface area contributed by atoms with Crippen LogP contribution in [0.1, 0.15) is 34.9 Å². The van der Waals surface area contributed by atoms with Crippen molar-refractivity contribution >= 4 is 38.9 Å². The van der Waals surface area contributed by atoms with E-state index in [-0.39, 0.29) is 5.91 Å². The molecule has 126 valence electrons. The SMILES string of the molecule is Cc1ccc(NC(=O)CN2CCc3sccc3[C@H]2C2CC2)c(Br)c1. The number of carbonyl (C=O) groups excluding carboxylic acids is 1. The molecule has 1 N–H and O–H groups in total. The van der Waals surface area contributed by atoms with Crippen molar-refractivity contribution in [1.29, 1.82) is 0 Å². The van der Waals surface area contributed by atoms with Gasteiger partial charge in [0.05, 0.1) is 12.2 Å². The lowest BCUT2D eigenvalue weighted by molar-refractivity contribution is -0.118. The number of aryl methyl sites for hydroxylation is 1. The lowest BCUT2D eigenvalue weighted by Gasteiger charge is -2.35. The molecule has 0 radical (unpaired) electrons. The first-order valence-corrected chi connectivity index (χ1v) is 10.2. The summed E-state index contributed by atoms with van der Waals surface area (Å²) in [5.41, 5.74) is 3.49. The largest absolute Gasteiger partial charge is 0.324 e. The van der Waals surface area contributed by atoms with E-state index in [9.17, 15) is 4.79 Å². The van der Waals surface area contributed by atoms with Crippen molar-refractivity contribution in [2.75, 3.05) is 18.4 Å². The third-order valence-electron chi connectivity index (χ3n) is 4.93. The highest BCUT2D eigenvalue weighted by atomic mass is 79.9. The molecule has 1 aliphatic carbocycles. The van der Waals surface area contributed by atoms with Gasteiger partial charge in [0.15, 0.2) is 0 Å². The quantitative estimate of drug-likeness (QED) is 0.795. The fourth-order valence-electron chi connectivity index (χ4n) is 3.64. The summed E-state index contributed by atoms with van der Waals surface area (Å²) >= 11 is 5.40. The average Bonchev–Trinajstić information content (AvgIpc) is 3.26. The van der Waals surface area contributed by atoms with Crippen molar-refractivity contribution in [1.82, 2.24) is 4.90 Å². The summed E-state index contributed by atoms with van der Waals surface area (Å²) in [7, 11) is 0. The molecule has 0 bridgehead atoms. The maximum atomic E-state index is 12.6. The molecule has 1 fully saturated rings. The van der Waals surface area contributed by atoms with E-state index in [1.54, 1.807) is 0 Å². The molecule has 2 aromatic rings. The van der Waals surface area contributed by atoms with Crippen LogP contribution in [0.3, 0.4) is 0 Å². The number of hydrogen-bond acceptors (Lipinski definition) is 3. The van der Waals surface area contributed by atoms with Crippen LogP contribution in [0.15, 0.2) is 34.1 Å². The molecule has 1 aromatic heterocycles. The minimum Gasteiger partial charge on any atom is -0.324 e. The summed E-state index contributed by atoms with van der Waals surface area (Å²) < 4.78 is 0.938. The van der Waals surface area contributed by atoms with Crippen LogP contribution in [0.4, 0.5) is 5.69 Å². The van der Waals surface area contributed by atoms with Gasteiger partial charge in [0, 0.05) is 21.9 Å². The number of fused-ring (bicyclic) bond motifs is 1. The molecule has 1 saturated carbocycles. The molecule has 1 atom stereocenters. The third kappa shape index (κ3) is 3.30. The minimum absolute atomic E-state index is 0.0730. The molecule has 2 aliphatic rings. The highest BCUT2D eigenvalue weighted by Gasteiger charge is 2.40. The predicted octanol–water partition coefficient (Wildman–Crippen LogP) is 4.77. The Kier molecular flexibility index (Phi) is 4.50. The van der Waals surface area contributed by atoms with Crippen molar-refractivity contribution in [2.24, 2.45) is 5.92 Å². The van der Waals surface area contributed by atoms with Crippen LogP contribution in [0, 0.1) is 12.8 Å². The zero-order valence-electron chi connectivity index (χ0n) is 13.7. The van der Waals surface area contributed by atoms with Gasteiger partial charge in [-0.25, -0.2) is 0 Å². The van der Waals surface area contributed by atoms with Gasteiger partial charge >= 0.3 is 0 Å². The number of halogens is 1. The number of nitrogens with zero attached hydrogens (tertiary/aromatic N) is 1. The van der Waals surface area contributed by atoms with E-state index < -0.39 is 0 Å². The molecule has 0 unspecified atom stereocenters. The normalized spacial score (nSPS) is 20.7. The molecule has 2 heterocycles. The van der Waals surface area contributed by atoms with Gasteiger partial charge in [-0.15, -0.1) is 11.3 Å². The lowest BCUT2D eigenvalue weighted by Crippen LogP contribution is -2.41. The molecule has 3 nitrogen and oxygen atoms in total. The van der Waals surface area contributed by atoms with E-state index in [0.29, 0.717) is 12.6 Å². The highest BCUT2D eigenvalue weighted by molar-refractivity contribution is 9.10. The Hall–Kier alpha value is -1.17. The number of anilines is 1. The Balaban J connectivity index is 1.47. The molecular formula is C19H21BrN2OS.